The molecule has 6 aromatic rings. The van der Waals surface area contributed by atoms with Gasteiger partial charge in [-0.2, -0.15) is 0 Å². The second-order valence-corrected chi connectivity index (χ2v) is 10.7. The van der Waals surface area contributed by atoms with Crippen molar-refractivity contribution in [1.29, 1.82) is 0 Å². The number of para-hydroxylation sites is 3. The summed E-state index contributed by atoms with van der Waals surface area (Å²) >= 11 is 0. The summed E-state index contributed by atoms with van der Waals surface area (Å²) in [5.74, 6) is 0. The maximum absolute atomic E-state index is 4.62. The fourth-order valence-electron chi connectivity index (χ4n) is 5.44. The SMILES string of the molecule is C=C/C=C\C=C(/C)N(c1ccccc1)c1ccc(-c2cncc(-c3ccc(N(c4ccccc4)c4ccccc4)cc3)c2)cc1. The molecular formula is C42H35N3. The zero-order valence-electron chi connectivity index (χ0n) is 25.4. The van der Waals surface area contributed by atoms with Crippen LogP contribution in [-0.4, -0.2) is 4.98 Å². The van der Waals surface area contributed by atoms with E-state index in [-0.39, 0.29) is 0 Å². The average Bonchev–Trinajstić information content (AvgIpc) is 3.11. The van der Waals surface area contributed by atoms with Gasteiger partial charge in [0.05, 0.1) is 0 Å². The van der Waals surface area contributed by atoms with E-state index in [2.05, 4.69) is 162 Å². The molecule has 0 aliphatic carbocycles. The van der Waals surface area contributed by atoms with Gasteiger partial charge in [-0.15, -0.1) is 0 Å². The Morgan fingerprint density at radius 2 is 0.933 bits per heavy atom. The summed E-state index contributed by atoms with van der Waals surface area (Å²) in [6, 6.07) is 50.9. The van der Waals surface area contributed by atoms with Crippen LogP contribution < -0.4 is 9.80 Å². The first-order valence-electron chi connectivity index (χ1n) is 15.1. The van der Waals surface area contributed by atoms with Crippen LogP contribution in [0, 0.1) is 0 Å². The summed E-state index contributed by atoms with van der Waals surface area (Å²) in [7, 11) is 0. The number of aromatic nitrogens is 1. The van der Waals surface area contributed by atoms with E-state index < -0.39 is 0 Å². The maximum atomic E-state index is 4.62. The van der Waals surface area contributed by atoms with Crippen molar-refractivity contribution in [2.75, 3.05) is 9.80 Å². The molecule has 0 aliphatic rings. The number of pyridine rings is 1. The van der Waals surface area contributed by atoms with Crippen LogP contribution >= 0.6 is 0 Å². The number of anilines is 5. The van der Waals surface area contributed by atoms with Gasteiger partial charge in [-0.1, -0.05) is 104 Å². The summed E-state index contributed by atoms with van der Waals surface area (Å²) < 4.78 is 0. The van der Waals surface area contributed by atoms with Crippen molar-refractivity contribution in [2.45, 2.75) is 6.92 Å². The third kappa shape index (κ3) is 6.84. The second-order valence-electron chi connectivity index (χ2n) is 10.7. The lowest BCUT2D eigenvalue weighted by molar-refractivity contribution is 1.16. The van der Waals surface area contributed by atoms with Crippen molar-refractivity contribution in [2.24, 2.45) is 0 Å². The van der Waals surface area contributed by atoms with Crippen LogP contribution in [0.15, 0.2) is 195 Å². The maximum Gasteiger partial charge on any atom is 0.0462 e. The molecule has 0 unspecified atom stereocenters. The summed E-state index contributed by atoms with van der Waals surface area (Å²) in [5, 5.41) is 0. The van der Waals surface area contributed by atoms with Crippen LogP contribution in [0.2, 0.25) is 0 Å². The van der Waals surface area contributed by atoms with Crippen LogP contribution in [0.4, 0.5) is 28.4 Å². The van der Waals surface area contributed by atoms with Gasteiger partial charge in [-0.25, -0.2) is 0 Å². The van der Waals surface area contributed by atoms with Gasteiger partial charge in [0.1, 0.15) is 0 Å². The Balaban J connectivity index is 1.27. The molecule has 1 heterocycles. The summed E-state index contributed by atoms with van der Waals surface area (Å²) in [6.45, 7) is 5.90. The molecule has 3 nitrogen and oxygen atoms in total. The number of hydrogen-bond donors (Lipinski definition) is 0. The van der Waals surface area contributed by atoms with Gasteiger partial charge < -0.3 is 9.80 Å². The third-order valence-corrected chi connectivity index (χ3v) is 7.64. The number of allylic oxidation sites excluding steroid dienone is 5. The second kappa shape index (κ2) is 14.0. The van der Waals surface area contributed by atoms with Gasteiger partial charge in [0.15, 0.2) is 0 Å². The molecule has 3 heteroatoms. The van der Waals surface area contributed by atoms with E-state index in [9.17, 15) is 0 Å². The van der Waals surface area contributed by atoms with Crippen molar-refractivity contribution in [1.82, 2.24) is 4.98 Å². The first kappa shape index (κ1) is 29.2. The molecule has 45 heavy (non-hydrogen) atoms. The summed E-state index contributed by atoms with van der Waals surface area (Å²) in [6.07, 6.45) is 11.7. The molecule has 5 aromatic carbocycles. The average molecular weight is 582 g/mol. The lowest BCUT2D eigenvalue weighted by Crippen LogP contribution is -2.14. The highest BCUT2D eigenvalue weighted by molar-refractivity contribution is 5.79. The number of rotatable bonds is 10. The van der Waals surface area contributed by atoms with Gasteiger partial charge >= 0.3 is 0 Å². The predicted molar refractivity (Wildman–Crippen MR) is 191 cm³/mol. The number of benzene rings is 5. The molecular weight excluding hydrogens is 546 g/mol. The highest BCUT2D eigenvalue weighted by Gasteiger charge is 2.14. The monoisotopic (exact) mass is 581 g/mol. The van der Waals surface area contributed by atoms with Gasteiger partial charge in [-0.05, 0) is 90.9 Å². The van der Waals surface area contributed by atoms with Crippen LogP contribution in [0.5, 0.6) is 0 Å². The fourth-order valence-corrected chi connectivity index (χ4v) is 5.44. The van der Waals surface area contributed by atoms with Gasteiger partial charge in [-0.3, -0.25) is 4.98 Å². The van der Waals surface area contributed by atoms with Crippen molar-refractivity contribution < 1.29 is 0 Å². The van der Waals surface area contributed by atoms with Gasteiger partial charge in [0.2, 0.25) is 0 Å². The topological polar surface area (TPSA) is 19.4 Å². The van der Waals surface area contributed by atoms with Crippen LogP contribution in [0.1, 0.15) is 6.92 Å². The Morgan fingerprint density at radius 3 is 1.42 bits per heavy atom. The Hall–Kier alpha value is -5.93. The van der Waals surface area contributed by atoms with E-state index in [1.165, 1.54) is 0 Å². The fraction of sp³-hybridized carbons (Fsp3) is 0.0238. The van der Waals surface area contributed by atoms with E-state index in [4.69, 9.17) is 0 Å². The molecule has 0 radical (unpaired) electrons. The molecule has 0 N–H and O–H groups in total. The Labute approximate surface area is 266 Å². The molecule has 0 bridgehead atoms. The van der Waals surface area contributed by atoms with Crippen LogP contribution in [0.3, 0.4) is 0 Å². The van der Waals surface area contributed by atoms with E-state index in [1.807, 2.05) is 42.7 Å². The lowest BCUT2D eigenvalue weighted by atomic mass is 10.0. The zero-order valence-corrected chi connectivity index (χ0v) is 25.4. The lowest BCUT2D eigenvalue weighted by Gasteiger charge is -2.26. The summed E-state index contributed by atoms with van der Waals surface area (Å²) in [4.78, 5) is 9.14. The quantitative estimate of drug-likeness (QED) is 0.150. The molecule has 0 spiro atoms. The largest absolute Gasteiger partial charge is 0.315 e. The molecule has 218 valence electrons. The van der Waals surface area contributed by atoms with Crippen LogP contribution in [-0.2, 0) is 0 Å². The smallest absolute Gasteiger partial charge is 0.0462 e. The minimum Gasteiger partial charge on any atom is -0.315 e. The van der Waals surface area contributed by atoms with Gasteiger partial charge in [0, 0.05) is 57.7 Å². The molecule has 0 amide bonds. The highest BCUT2D eigenvalue weighted by Crippen LogP contribution is 2.36. The number of hydrogen-bond acceptors (Lipinski definition) is 3. The van der Waals surface area contributed by atoms with E-state index >= 15 is 0 Å². The first-order valence-corrected chi connectivity index (χ1v) is 15.1. The first-order chi connectivity index (χ1) is 22.2. The Kier molecular flexibility index (Phi) is 9.09. The molecule has 0 atom stereocenters. The molecule has 6 rings (SSSR count). The third-order valence-electron chi connectivity index (χ3n) is 7.64. The van der Waals surface area contributed by atoms with Crippen molar-refractivity contribution in [3.05, 3.63) is 195 Å². The minimum absolute atomic E-state index is 1.07. The summed E-state index contributed by atoms with van der Waals surface area (Å²) in [5.41, 5.74) is 11.0. The standard InChI is InChI=1S/C42H35N3/c1-3-4-8-15-33(2)44(38-16-9-5-10-17-38)41-26-22-34(23-27-41)36-30-37(32-43-31-36)35-24-28-42(29-25-35)45(39-18-11-6-12-19-39)40-20-13-7-14-21-40/h3-32H,1H2,2H3/b8-4-,33-15+. The van der Waals surface area contributed by atoms with E-state index in [1.54, 1.807) is 6.08 Å². The van der Waals surface area contributed by atoms with E-state index in [0.717, 1.165) is 56.4 Å². The Morgan fingerprint density at radius 1 is 0.511 bits per heavy atom. The van der Waals surface area contributed by atoms with Gasteiger partial charge in [0.25, 0.3) is 0 Å². The van der Waals surface area contributed by atoms with Crippen molar-refractivity contribution >= 4 is 28.4 Å². The zero-order chi connectivity index (χ0) is 30.8. The highest BCUT2D eigenvalue weighted by atomic mass is 15.1. The molecule has 0 fully saturated rings. The Bertz CT molecular complexity index is 1850. The van der Waals surface area contributed by atoms with Crippen LogP contribution in [0.25, 0.3) is 22.3 Å². The molecule has 0 aliphatic heterocycles. The van der Waals surface area contributed by atoms with Crippen molar-refractivity contribution in [3.8, 4) is 22.3 Å². The molecule has 0 saturated carbocycles. The van der Waals surface area contributed by atoms with E-state index in [0.29, 0.717) is 0 Å². The normalized spacial score (nSPS) is 11.4. The number of nitrogens with zero attached hydrogens (tertiary/aromatic N) is 3. The minimum atomic E-state index is 1.07. The predicted octanol–water partition coefficient (Wildman–Crippen LogP) is 11.7. The molecule has 0 saturated heterocycles. The van der Waals surface area contributed by atoms with Crippen molar-refractivity contribution in [3.63, 3.8) is 0 Å². The molecule has 1 aromatic heterocycles.